The Bertz CT molecular complexity index is 2050. The largest absolute Gasteiger partial charge is 0.323 e. The molecule has 12 heteroatoms. The second-order valence-corrected chi connectivity index (χ2v) is 14.5. The van der Waals surface area contributed by atoms with Gasteiger partial charge in [0.15, 0.2) is 0 Å². The molecule has 4 heterocycles. The van der Waals surface area contributed by atoms with Gasteiger partial charge in [0.25, 0.3) is 17.7 Å². The number of carbonyl (C=O) groups is 5. The van der Waals surface area contributed by atoms with Crippen LogP contribution in [0.4, 0.5) is 5.69 Å². The number of anilines is 1. The van der Waals surface area contributed by atoms with Crippen LogP contribution in [0.1, 0.15) is 79.3 Å². The van der Waals surface area contributed by atoms with Gasteiger partial charge in [-0.25, -0.2) is 0 Å². The summed E-state index contributed by atoms with van der Waals surface area (Å²) in [5.41, 5.74) is 6.54. The molecule has 3 aliphatic heterocycles. The second kappa shape index (κ2) is 11.9. The van der Waals surface area contributed by atoms with Crippen LogP contribution < -0.4 is 10.6 Å². The molecule has 254 valence electrons. The Kier molecular flexibility index (Phi) is 7.61. The van der Waals surface area contributed by atoms with Crippen LogP contribution >= 0.6 is 0 Å². The summed E-state index contributed by atoms with van der Waals surface area (Å²) in [4.78, 5) is 67.2. The van der Waals surface area contributed by atoms with Gasteiger partial charge in [-0.1, -0.05) is 24.0 Å². The summed E-state index contributed by atoms with van der Waals surface area (Å²) in [6, 6.07) is 1.41. The lowest BCUT2D eigenvalue weighted by Crippen LogP contribution is -2.54. The quantitative estimate of drug-likeness (QED) is 0.362. The average Bonchev–Trinajstić information content (AvgIpc) is 3.89. The number of nitriles is 1. The Labute approximate surface area is 289 Å². The zero-order valence-electron chi connectivity index (χ0n) is 28.1. The molecular formula is C38H37N7O5. The minimum atomic E-state index is -0.980. The molecule has 2 unspecified atom stereocenters. The van der Waals surface area contributed by atoms with Crippen molar-refractivity contribution in [3.05, 3.63) is 69.1 Å². The van der Waals surface area contributed by atoms with Crippen LogP contribution in [0.3, 0.4) is 0 Å². The summed E-state index contributed by atoms with van der Waals surface area (Å²) in [6.45, 7) is 5.08. The molecule has 5 amide bonds. The third-order valence-electron chi connectivity index (χ3n) is 11.1. The summed E-state index contributed by atoms with van der Waals surface area (Å²) in [5.74, 6) is 4.49. The van der Waals surface area contributed by atoms with Crippen molar-refractivity contribution in [1.29, 1.82) is 5.26 Å². The second-order valence-electron chi connectivity index (χ2n) is 14.5. The first-order chi connectivity index (χ1) is 24.0. The van der Waals surface area contributed by atoms with Gasteiger partial charge >= 0.3 is 0 Å². The molecule has 50 heavy (non-hydrogen) atoms. The lowest BCUT2D eigenvalue weighted by molar-refractivity contribution is -0.149. The van der Waals surface area contributed by atoms with Gasteiger partial charge in [-0.2, -0.15) is 10.4 Å². The third kappa shape index (κ3) is 5.09. The minimum Gasteiger partial charge on any atom is -0.323 e. The fourth-order valence-electron chi connectivity index (χ4n) is 8.27. The molecule has 3 fully saturated rings. The van der Waals surface area contributed by atoms with Gasteiger partial charge in [0, 0.05) is 48.9 Å². The molecule has 6 aliphatic rings. The van der Waals surface area contributed by atoms with Crippen molar-refractivity contribution in [3.63, 3.8) is 0 Å². The number of hydrogen-bond acceptors (Lipinski definition) is 8. The number of carbonyl (C=O) groups excluding carboxylic acids is 5. The summed E-state index contributed by atoms with van der Waals surface area (Å²) in [5, 5.41) is 19.9. The summed E-state index contributed by atoms with van der Waals surface area (Å²) in [7, 11) is 0. The van der Waals surface area contributed by atoms with Crippen LogP contribution in [0.25, 0.3) is 0 Å². The zero-order valence-corrected chi connectivity index (χ0v) is 28.1. The van der Waals surface area contributed by atoms with Gasteiger partial charge in [0.1, 0.15) is 11.6 Å². The van der Waals surface area contributed by atoms with Crippen molar-refractivity contribution in [2.75, 3.05) is 18.4 Å². The van der Waals surface area contributed by atoms with Crippen molar-refractivity contribution in [2.45, 2.75) is 89.3 Å². The van der Waals surface area contributed by atoms with E-state index in [4.69, 9.17) is 0 Å². The van der Waals surface area contributed by atoms with E-state index in [0.29, 0.717) is 36.2 Å². The van der Waals surface area contributed by atoms with Gasteiger partial charge in [0.05, 0.1) is 29.0 Å². The number of rotatable bonds is 5. The molecule has 1 aromatic heterocycles. The van der Waals surface area contributed by atoms with E-state index in [2.05, 4.69) is 38.5 Å². The number of hydrogen-bond donors (Lipinski definition) is 2. The molecule has 1 aromatic carbocycles. The van der Waals surface area contributed by atoms with Gasteiger partial charge in [-0.3, -0.25) is 43.8 Å². The smallest absolute Gasteiger partial charge is 0.262 e. The van der Waals surface area contributed by atoms with Crippen LogP contribution in [0.2, 0.25) is 0 Å². The average molecular weight is 672 g/mol. The van der Waals surface area contributed by atoms with Crippen molar-refractivity contribution >= 4 is 35.2 Å². The van der Waals surface area contributed by atoms with Gasteiger partial charge in [0.2, 0.25) is 11.8 Å². The fourth-order valence-corrected chi connectivity index (χ4v) is 8.27. The SMILES string of the molecule is CC(C)(C(=O)Nc1c2c(c(C#N)c3c1CCC3)CCC2)n1cc(C#CC2CN(C3C=C4C(=O)N(C5CCC(=O)NC5=O)C(=O)C4=CC3)C2)cn1. The summed E-state index contributed by atoms with van der Waals surface area (Å²) in [6.07, 6.45) is 13.3. The summed E-state index contributed by atoms with van der Waals surface area (Å²) < 4.78 is 1.65. The Balaban J connectivity index is 0.904. The third-order valence-corrected chi connectivity index (χ3v) is 11.1. The standard InChI is InChI=1S/C38H37N7O5/c1-38(2,37(50)42-33-26-7-3-5-24(26)30(16-39)25-6-4-8-27(25)33)44-20-21(17-40-44)9-10-22-18-43(19-22)23-11-12-28-29(15-23)36(49)45(35(28)48)31-13-14-32(46)41-34(31)47/h12,15,17,20,22-23,31H,3-8,11,13-14,18-19H2,1-2H3,(H,42,50)(H,41,46,47). The number of piperidine rings is 1. The number of aromatic nitrogens is 2. The number of amides is 5. The first-order valence-electron chi connectivity index (χ1n) is 17.4. The van der Waals surface area contributed by atoms with Crippen molar-refractivity contribution in [3.8, 4) is 17.9 Å². The first kappa shape index (κ1) is 31.9. The maximum absolute atomic E-state index is 13.8. The van der Waals surface area contributed by atoms with E-state index in [1.807, 2.05) is 19.9 Å². The van der Waals surface area contributed by atoms with E-state index in [1.165, 1.54) is 0 Å². The van der Waals surface area contributed by atoms with E-state index in [0.717, 1.165) is 76.9 Å². The normalized spacial score (nSPS) is 23.2. The molecule has 0 radical (unpaired) electrons. The van der Waals surface area contributed by atoms with Gasteiger partial charge in [-0.15, -0.1) is 0 Å². The molecule has 2 atom stereocenters. The van der Waals surface area contributed by atoms with E-state index in [-0.39, 0.29) is 30.7 Å². The molecule has 12 nitrogen and oxygen atoms in total. The topological polar surface area (TPSA) is 158 Å². The number of nitrogens with zero attached hydrogens (tertiary/aromatic N) is 5. The molecule has 0 saturated carbocycles. The number of fused-ring (bicyclic) bond motifs is 3. The lowest BCUT2D eigenvalue weighted by atomic mass is 9.91. The zero-order chi connectivity index (χ0) is 34.9. The molecular weight excluding hydrogens is 634 g/mol. The van der Waals surface area contributed by atoms with Gasteiger partial charge in [-0.05, 0) is 87.5 Å². The number of nitrogens with one attached hydrogen (secondary N) is 2. The highest BCUT2D eigenvalue weighted by Crippen LogP contribution is 2.42. The molecule has 2 N–H and O–H groups in total. The highest BCUT2D eigenvalue weighted by molar-refractivity contribution is 6.26. The first-order valence-corrected chi connectivity index (χ1v) is 17.4. The van der Waals surface area contributed by atoms with Crippen LogP contribution in [0, 0.1) is 29.1 Å². The van der Waals surface area contributed by atoms with E-state index >= 15 is 0 Å². The number of likely N-dealkylation sites (tertiary alicyclic amines) is 2. The molecule has 2 aromatic rings. The molecule has 8 rings (SSSR count). The number of benzene rings is 1. The van der Waals surface area contributed by atoms with Crippen molar-refractivity contribution < 1.29 is 24.0 Å². The molecule has 0 bridgehead atoms. The highest BCUT2D eigenvalue weighted by atomic mass is 16.2. The molecule has 0 spiro atoms. The van der Waals surface area contributed by atoms with Gasteiger partial charge < -0.3 is 5.32 Å². The van der Waals surface area contributed by atoms with Crippen LogP contribution in [-0.4, -0.2) is 74.3 Å². The predicted molar refractivity (Wildman–Crippen MR) is 180 cm³/mol. The Morgan fingerprint density at radius 2 is 1.66 bits per heavy atom. The van der Waals surface area contributed by atoms with Crippen LogP contribution in [-0.2, 0) is 55.2 Å². The van der Waals surface area contributed by atoms with Crippen LogP contribution in [0.5, 0.6) is 0 Å². The van der Waals surface area contributed by atoms with Crippen molar-refractivity contribution in [1.82, 2.24) is 24.9 Å². The minimum absolute atomic E-state index is 0.0640. The lowest BCUT2D eigenvalue weighted by Gasteiger charge is -2.41. The highest BCUT2D eigenvalue weighted by Gasteiger charge is 2.48. The van der Waals surface area contributed by atoms with Crippen molar-refractivity contribution in [2.24, 2.45) is 5.92 Å². The predicted octanol–water partition coefficient (Wildman–Crippen LogP) is 2.19. The Morgan fingerprint density at radius 3 is 2.34 bits per heavy atom. The summed E-state index contributed by atoms with van der Waals surface area (Å²) >= 11 is 0. The van der Waals surface area contributed by atoms with E-state index in [9.17, 15) is 29.2 Å². The number of imide groups is 2. The monoisotopic (exact) mass is 671 g/mol. The Hall–Kier alpha value is -5.33. The van der Waals surface area contributed by atoms with Crippen LogP contribution in [0.15, 0.2) is 35.7 Å². The fraction of sp³-hybridized carbons (Fsp3) is 0.447. The molecule has 3 saturated heterocycles. The molecule has 3 aliphatic carbocycles. The van der Waals surface area contributed by atoms with E-state index in [1.54, 1.807) is 23.2 Å². The van der Waals surface area contributed by atoms with E-state index < -0.39 is 35.2 Å². The maximum atomic E-state index is 13.8. The Morgan fingerprint density at radius 1 is 0.980 bits per heavy atom. The maximum Gasteiger partial charge on any atom is 0.262 e.